The van der Waals surface area contributed by atoms with Gasteiger partial charge < -0.3 is 10.6 Å². The third kappa shape index (κ3) is 5.07. The molecule has 10 heteroatoms. The molecule has 0 aliphatic heterocycles. The van der Waals surface area contributed by atoms with Crippen LogP contribution in [0, 0.1) is 5.92 Å². The first-order valence-corrected chi connectivity index (χ1v) is 6.88. The predicted octanol–water partition coefficient (Wildman–Crippen LogP) is -0.254. The van der Waals surface area contributed by atoms with Crippen molar-refractivity contribution in [2.45, 2.75) is 25.5 Å². The number of hydrogen-bond donors (Lipinski definition) is 3. The molecule has 0 fully saturated rings. The molecule has 0 heterocycles. The standard InChI is InChI=1S/C9H16F2N2O5S/c1-3-6(2)7(14)12-4-5-13-8(15)9(10,11)19(16,17)18/h6H,3-5H2,1-2H3,(H,12,14)(H,13,15)(H,16,17,18). The maximum absolute atomic E-state index is 12.8. The van der Waals surface area contributed by atoms with Crippen LogP contribution in [0.15, 0.2) is 0 Å². The van der Waals surface area contributed by atoms with E-state index in [1.54, 1.807) is 19.2 Å². The van der Waals surface area contributed by atoms with Crippen molar-refractivity contribution in [3.63, 3.8) is 0 Å². The Kier molecular flexibility index (Phi) is 6.30. The molecule has 0 aromatic carbocycles. The highest BCUT2D eigenvalue weighted by atomic mass is 32.2. The van der Waals surface area contributed by atoms with Crippen LogP contribution in [-0.4, -0.2) is 43.1 Å². The lowest BCUT2D eigenvalue weighted by Crippen LogP contribution is -2.47. The molecule has 0 spiro atoms. The summed E-state index contributed by atoms with van der Waals surface area (Å²) in [5.41, 5.74) is 0. The Bertz CT molecular complexity index is 438. The molecule has 112 valence electrons. The van der Waals surface area contributed by atoms with Crippen LogP contribution in [0.3, 0.4) is 0 Å². The topological polar surface area (TPSA) is 113 Å². The lowest BCUT2D eigenvalue weighted by atomic mass is 10.1. The van der Waals surface area contributed by atoms with Gasteiger partial charge in [-0.2, -0.15) is 17.2 Å². The van der Waals surface area contributed by atoms with Crippen LogP contribution in [0.5, 0.6) is 0 Å². The van der Waals surface area contributed by atoms with E-state index >= 15 is 0 Å². The summed E-state index contributed by atoms with van der Waals surface area (Å²) in [6.07, 6.45) is 0.596. The van der Waals surface area contributed by atoms with Crippen LogP contribution in [0.2, 0.25) is 0 Å². The fourth-order valence-corrected chi connectivity index (χ4v) is 1.25. The van der Waals surface area contributed by atoms with Crippen molar-refractivity contribution in [3.05, 3.63) is 0 Å². The Morgan fingerprint density at radius 1 is 1.26 bits per heavy atom. The summed E-state index contributed by atoms with van der Waals surface area (Å²) in [6.45, 7) is 2.95. The number of carbonyl (C=O) groups is 2. The van der Waals surface area contributed by atoms with Gasteiger partial charge in [0.2, 0.25) is 5.91 Å². The van der Waals surface area contributed by atoms with Crippen LogP contribution in [0.25, 0.3) is 0 Å². The molecule has 0 radical (unpaired) electrons. The average Bonchev–Trinajstić information content (AvgIpc) is 2.31. The Balaban J connectivity index is 4.17. The molecule has 0 bridgehead atoms. The second-order valence-electron chi connectivity index (χ2n) is 3.85. The molecule has 1 unspecified atom stereocenters. The SMILES string of the molecule is CCC(C)C(=O)NCCNC(=O)C(F)(F)S(=O)(=O)O. The van der Waals surface area contributed by atoms with Gasteiger partial charge in [0.1, 0.15) is 0 Å². The van der Waals surface area contributed by atoms with Crippen molar-refractivity contribution in [2.75, 3.05) is 13.1 Å². The minimum absolute atomic E-state index is 0.129. The van der Waals surface area contributed by atoms with Gasteiger partial charge in [0.15, 0.2) is 0 Å². The molecule has 0 saturated heterocycles. The van der Waals surface area contributed by atoms with Crippen LogP contribution in [-0.2, 0) is 19.7 Å². The second-order valence-corrected chi connectivity index (χ2v) is 5.31. The fourth-order valence-electron chi connectivity index (χ4n) is 0.941. The van der Waals surface area contributed by atoms with E-state index in [0.717, 1.165) is 0 Å². The highest BCUT2D eigenvalue weighted by molar-refractivity contribution is 7.87. The van der Waals surface area contributed by atoms with E-state index in [-0.39, 0.29) is 24.9 Å². The van der Waals surface area contributed by atoms with Gasteiger partial charge >= 0.3 is 21.3 Å². The summed E-state index contributed by atoms with van der Waals surface area (Å²) in [5, 5.41) is -0.942. The minimum Gasteiger partial charge on any atom is -0.354 e. The number of nitrogens with one attached hydrogen (secondary N) is 2. The molecule has 7 nitrogen and oxygen atoms in total. The van der Waals surface area contributed by atoms with Crippen molar-refractivity contribution >= 4 is 21.9 Å². The first-order valence-electron chi connectivity index (χ1n) is 5.44. The molecule has 19 heavy (non-hydrogen) atoms. The van der Waals surface area contributed by atoms with Crippen molar-refractivity contribution in [2.24, 2.45) is 5.92 Å². The summed E-state index contributed by atoms with van der Waals surface area (Å²) in [5.74, 6) is -2.71. The average molecular weight is 302 g/mol. The maximum Gasteiger partial charge on any atom is 0.446 e. The predicted molar refractivity (Wildman–Crippen MR) is 62.0 cm³/mol. The molecule has 2 amide bonds. The monoisotopic (exact) mass is 302 g/mol. The van der Waals surface area contributed by atoms with Crippen molar-refractivity contribution in [1.82, 2.24) is 10.6 Å². The highest BCUT2D eigenvalue weighted by Gasteiger charge is 2.52. The molecule has 0 rings (SSSR count). The van der Waals surface area contributed by atoms with Crippen molar-refractivity contribution < 1.29 is 31.3 Å². The first kappa shape index (κ1) is 17.7. The van der Waals surface area contributed by atoms with Crippen molar-refractivity contribution in [1.29, 1.82) is 0 Å². The molecule has 0 aromatic rings. The third-order valence-electron chi connectivity index (χ3n) is 2.36. The summed E-state index contributed by atoms with van der Waals surface area (Å²) in [6, 6.07) is 0. The van der Waals surface area contributed by atoms with E-state index in [2.05, 4.69) is 5.32 Å². The number of halogens is 2. The van der Waals surface area contributed by atoms with Crippen LogP contribution in [0.1, 0.15) is 20.3 Å². The van der Waals surface area contributed by atoms with Gasteiger partial charge in [-0.1, -0.05) is 13.8 Å². The molecule has 3 N–H and O–H groups in total. The van der Waals surface area contributed by atoms with Gasteiger partial charge in [-0.05, 0) is 6.42 Å². The van der Waals surface area contributed by atoms with Gasteiger partial charge in [-0.25, -0.2) is 0 Å². The third-order valence-corrected chi connectivity index (χ3v) is 3.19. The van der Waals surface area contributed by atoms with E-state index in [1.807, 2.05) is 0 Å². The summed E-state index contributed by atoms with van der Waals surface area (Å²) < 4.78 is 54.1. The number of amides is 2. The van der Waals surface area contributed by atoms with E-state index < -0.39 is 21.3 Å². The molecule has 0 saturated carbocycles. The lowest BCUT2D eigenvalue weighted by Gasteiger charge is -2.13. The lowest BCUT2D eigenvalue weighted by molar-refractivity contribution is -0.136. The number of hydrogen-bond acceptors (Lipinski definition) is 4. The smallest absolute Gasteiger partial charge is 0.354 e. The Morgan fingerprint density at radius 2 is 1.74 bits per heavy atom. The molecule has 0 aliphatic carbocycles. The quantitative estimate of drug-likeness (QED) is 0.443. The van der Waals surface area contributed by atoms with E-state index in [0.29, 0.717) is 6.42 Å². The van der Waals surface area contributed by atoms with E-state index in [1.165, 1.54) is 0 Å². The van der Waals surface area contributed by atoms with Gasteiger partial charge in [-0.15, -0.1) is 0 Å². The largest absolute Gasteiger partial charge is 0.446 e. The minimum atomic E-state index is -5.81. The van der Waals surface area contributed by atoms with Gasteiger partial charge in [0.05, 0.1) is 0 Å². The van der Waals surface area contributed by atoms with Crippen LogP contribution < -0.4 is 10.6 Å². The summed E-state index contributed by atoms with van der Waals surface area (Å²) >= 11 is 0. The summed E-state index contributed by atoms with van der Waals surface area (Å²) in [7, 11) is -5.81. The number of alkyl halides is 2. The van der Waals surface area contributed by atoms with E-state index in [4.69, 9.17) is 4.55 Å². The molecular formula is C9H16F2N2O5S. The normalized spacial score (nSPS) is 13.7. The Hall–Kier alpha value is -1.29. The van der Waals surface area contributed by atoms with Gasteiger partial charge in [0.25, 0.3) is 0 Å². The van der Waals surface area contributed by atoms with Crippen LogP contribution >= 0.6 is 0 Å². The van der Waals surface area contributed by atoms with Gasteiger partial charge in [-0.3, -0.25) is 14.1 Å². The van der Waals surface area contributed by atoms with Crippen LogP contribution in [0.4, 0.5) is 8.78 Å². The zero-order valence-corrected chi connectivity index (χ0v) is 11.3. The number of carbonyl (C=O) groups excluding carboxylic acids is 2. The Labute approximate surface area is 109 Å². The fraction of sp³-hybridized carbons (Fsp3) is 0.778. The zero-order chi connectivity index (χ0) is 15.3. The molecule has 0 aromatic heterocycles. The van der Waals surface area contributed by atoms with E-state index in [9.17, 15) is 26.8 Å². The van der Waals surface area contributed by atoms with Gasteiger partial charge in [0, 0.05) is 19.0 Å². The second kappa shape index (κ2) is 6.75. The zero-order valence-electron chi connectivity index (χ0n) is 10.4. The molecular weight excluding hydrogens is 286 g/mol. The summed E-state index contributed by atoms with van der Waals surface area (Å²) in [4.78, 5) is 22.1. The van der Waals surface area contributed by atoms with Crippen molar-refractivity contribution in [3.8, 4) is 0 Å². The number of rotatable bonds is 7. The molecule has 1 atom stereocenters. The Morgan fingerprint density at radius 3 is 2.16 bits per heavy atom. The highest BCUT2D eigenvalue weighted by Crippen LogP contribution is 2.19. The maximum atomic E-state index is 12.8. The first-order chi connectivity index (χ1) is 8.54. The molecule has 0 aliphatic rings.